The highest BCUT2D eigenvalue weighted by Gasteiger charge is 2.04. The van der Waals surface area contributed by atoms with Crippen LogP contribution in [-0.2, 0) is 4.79 Å². The molecule has 0 atom stereocenters. The quantitative estimate of drug-likeness (QED) is 0.595. The number of nitrogens with one attached hydrogen (secondary N) is 3. The lowest BCUT2D eigenvalue weighted by molar-refractivity contribution is -0.120. The van der Waals surface area contributed by atoms with Gasteiger partial charge in [0.05, 0.1) is 6.54 Å². The summed E-state index contributed by atoms with van der Waals surface area (Å²) in [5.74, 6) is -0.174. The molecule has 0 aromatic rings. The maximum Gasteiger partial charge on any atom is 0.315 e. The zero-order valence-electron chi connectivity index (χ0n) is 9.02. The summed E-state index contributed by atoms with van der Waals surface area (Å²) in [5, 5.41) is 7.74. The fourth-order valence-corrected chi connectivity index (χ4v) is 0.835. The lowest BCUT2D eigenvalue weighted by atomic mass is 10.4. The highest BCUT2D eigenvalue weighted by Crippen LogP contribution is 1.76. The molecule has 0 bridgehead atoms. The summed E-state index contributed by atoms with van der Waals surface area (Å²) >= 11 is 0. The zero-order valence-corrected chi connectivity index (χ0v) is 9.02. The van der Waals surface area contributed by atoms with Crippen LogP contribution in [0, 0.1) is 0 Å². The van der Waals surface area contributed by atoms with E-state index in [9.17, 15) is 9.59 Å². The van der Waals surface area contributed by atoms with Crippen LogP contribution in [-0.4, -0.2) is 31.1 Å². The van der Waals surface area contributed by atoms with E-state index < -0.39 is 0 Å². The largest absolute Gasteiger partial charge is 0.352 e. The van der Waals surface area contributed by atoms with E-state index >= 15 is 0 Å². The summed E-state index contributed by atoms with van der Waals surface area (Å²) in [4.78, 5) is 22.1. The third-order valence-corrected chi connectivity index (χ3v) is 1.39. The molecule has 3 N–H and O–H groups in total. The summed E-state index contributed by atoms with van der Waals surface area (Å²) < 4.78 is 0. The minimum Gasteiger partial charge on any atom is -0.352 e. The predicted molar refractivity (Wildman–Crippen MR) is 55.0 cm³/mol. The van der Waals surface area contributed by atoms with Gasteiger partial charge < -0.3 is 16.0 Å². The number of carbonyl (C=O) groups excluding carboxylic acids is 2. The number of hydrogen-bond donors (Lipinski definition) is 3. The van der Waals surface area contributed by atoms with E-state index in [-0.39, 0.29) is 24.5 Å². The van der Waals surface area contributed by atoms with Gasteiger partial charge in [0, 0.05) is 12.6 Å². The highest BCUT2D eigenvalue weighted by atomic mass is 16.2. The van der Waals surface area contributed by atoms with Crippen molar-refractivity contribution < 1.29 is 9.59 Å². The van der Waals surface area contributed by atoms with Gasteiger partial charge in [-0.05, 0) is 20.3 Å². The minimum absolute atomic E-state index is 0.0216. The molecule has 0 saturated carbocycles. The number of rotatable bonds is 5. The fraction of sp³-hybridized carbons (Fsp3) is 0.778. The van der Waals surface area contributed by atoms with E-state index in [4.69, 9.17) is 0 Å². The van der Waals surface area contributed by atoms with Crippen LogP contribution in [0.15, 0.2) is 0 Å². The minimum atomic E-state index is -0.300. The van der Waals surface area contributed by atoms with Crippen molar-refractivity contribution in [1.82, 2.24) is 16.0 Å². The van der Waals surface area contributed by atoms with Crippen molar-refractivity contribution in [1.29, 1.82) is 0 Å². The van der Waals surface area contributed by atoms with Crippen LogP contribution in [0.2, 0.25) is 0 Å². The Hall–Kier alpha value is -1.26. The molecule has 0 aromatic carbocycles. The molecule has 0 unspecified atom stereocenters. The Morgan fingerprint density at radius 3 is 2.36 bits per heavy atom. The Kier molecular flexibility index (Phi) is 6.53. The average molecular weight is 201 g/mol. The second-order valence-corrected chi connectivity index (χ2v) is 3.33. The molecule has 0 spiro atoms. The van der Waals surface area contributed by atoms with E-state index in [1.807, 2.05) is 20.8 Å². The number of amides is 3. The molecule has 0 aliphatic carbocycles. The van der Waals surface area contributed by atoms with E-state index in [1.54, 1.807) is 0 Å². The van der Waals surface area contributed by atoms with E-state index in [1.165, 1.54) is 0 Å². The Morgan fingerprint density at radius 2 is 1.86 bits per heavy atom. The van der Waals surface area contributed by atoms with Crippen molar-refractivity contribution in [2.45, 2.75) is 33.2 Å². The molecule has 5 heteroatoms. The lowest BCUT2D eigenvalue weighted by Crippen LogP contribution is -2.43. The van der Waals surface area contributed by atoms with Gasteiger partial charge in [-0.15, -0.1) is 0 Å². The smallest absolute Gasteiger partial charge is 0.315 e. The first-order chi connectivity index (χ1) is 6.56. The molecule has 0 fully saturated rings. The highest BCUT2D eigenvalue weighted by molar-refractivity contribution is 5.83. The van der Waals surface area contributed by atoms with Gasteiger partial charge in [0.25, 0.3) is 0 Å². The van der Waals surface area contributed by atoms with Crippen LogP contribution in [0.25, 0.3) is 0 Å². The van der Waals surface area contributed by atoms with Crippen LogP contribution in [0.1, 0.15) is 27.2 Å². The van der Waals surface area contributed by atoms with Gasteiger partial charge in [0.2, 0.25) is 5.91 Å². The summed E-state index contributed by atoms with van der Waals surface area (Å²) in [5.41, 5.74) is 0. The summed E-state index contributed by atoms with van der Waals surface area (Å²) in [6.07, 6.45) is 0.881. The molecule has 5 nitrogen and oxygen atoms in total. The van der Waals surface area contributed by atoms with E-state index in [2.05, 4.69) is 16.0 Å². The molecule has 82 valence electrons. The zero-order chi connectivity index (χ0) is 11.0. The van der Waals surface area contributed by atoms with Gasteiger partial charge in [-0.3, -0.25) is 4.79 Å². The van der Waals surface area contributed by atoms with Crippen LogP contribution in [0.5, 0.6) is 0 Å². The molecule has 0 aliphatic rings. The molecule has 0 aromatic heterocycles. The first-order valence-corrected chi connectivity index (χ1v) is 4.87. The Labute approximate surface area is 84.6 Å². The molecule has 0 heterocycles. The van der Waals surface area contributed by atoms with Gasteiger partial charge in [-0.2, -0.15) is 0 Å². The second kappa shape index (κ2) is 7.17. The topological polar surface area (TPSA) is 70.2 Å². The van der Waals surface area contributed by atoms with E-state index in [0.29, 0.717) is 6.54 Å². The van der Waals surface area contributed by atoms with Gasteiger partial charge in [0.1, 0.15) is 0 Å². The normalized spacial score (nSPS) is 9.71. The summed E-state index contributed by atoms with van der Waals surface area (Å²) in [6.45, 7) is 6.35. The van der Waals surface area contributed by atoms with Crippen LogP contribution in [0.4, 0.5) is 4.79 Å². The molecular formula is C9H19N3O2. The summed E-state index contributed by atoms with van der Waals surface area (Å²) in [7, 11) is 0. The third-order valence-electron chi connectivity index (χ3n) is 1.39. The second-order valence-electron chi connectivity index (χ2n) is 3.33. The molecule has 3 amide bonds. The van der Waals surface area contributed by atoms with Gasteiger partial charge >= 0.3 is 6.03 Å². The number of hydrogen-bond acceptors (Lipinski definition) is 2. The fourth-order valence-electron chi connectivity index (χ4n) is 0.835. The van der Waals surface area contributed by atoms with E-state index in [0.717, 1.165) is 6.42 Å². The van der Waals surface area contributed by atoms with Crippen LogP contribution >= 0.6 is 0 Å². The molecule has 0 rings (SSSR count). The van der Waals surface area contributed by atoms with Gasteiger partial charge in [-0.1, -0.05) is 6.92 Å². The maximum atomic E-state index is 11.1. The van der Waals surface area contributed by atoms with Gasteiger partial charge in [-0.25, -0.2) is 4.79 Å². The van der Waals surface area contributed by atoms with Crippen molar-refractivity contribution in [3.63, 3.8) is 0 Å². The van der Waals surface area contributed by atoms with Crippen LogP contribution in [0.3, 0.4) is 0 Å². The predicted octanol–water partition coefficient (Wildman–Crippen LogP) is 0.220. The third kappa shape index (κ3) is 7.39. The van der Waals surface area contributed by atoms with Crippen molar-refractivity contribution in [3.8, 4) is 0 Å². The Bertz CT molecular complexity index is 192. The number of urea groups is 1. The Morgan fingerprint density at radius 1 is 1.21 bits per heavy atom. The molecule has 0 radical (unpaired) electrons. The lowest BCUT2D eigenvalue weighted by Gasteiger charge is -2.09. The Balaban J connectivity index is 3.51. The molecule has 0 aliphatic heterocycles. The average Bonchev–Trinajstić information content (AvgIpc) is 2.10. The van der Waals surface area contributed by atoms with Gasteiger partial charge in [0.15, 0.2) is 0 Å². The first-order valence-electron chi connectivity index (χ1n) is 4.87. The monoisotopic (exact) mass is 201 g/mol. The number of carbonyl (C=O) groups is 2. The van der Waals surface area contributed by atoms with Crippen molar-refractivity contribution in [2.24, 2.45) is 0 Å². The maximum absolute atomic E-state index is 11.1. The van der Waals surface area contributed by atoms with Crippen molar-refractivity contribution in [2.75, 3.05) is 13.1 Å². The van der Waals surface area contributed by atoms with Crippen LogP contribution < -0.4 is 16.0 Å². The standard InChI is InChI=1S/C9H19N3O2/c1-4-5-10-9(14)11-6-8(13)12-7(2)3/h7H,4-6H2,1-3H3,(H,12,13)(H2,10,11,14). The molecule has 14 heavy (non-hydrogen) atoms. The SMILES string of the molecule is CCCNC(=O)NCC(=O)NC(C)C. The first kappa shape index (κ1) is 12.7. The molecule has 0 saturated heterocycles. The van der Waals surface area contributed by atoms with Crippen molar-refractivity contribution >= 4 is 11.9 Å². The molecular weight excluding hydrogens is 182 g/mol. The van der Waals surface area contributed by atoms with Crippen molar-refractivity contribution in [3.05, 3.63) is 0 Å². The summed E-state index contributed by atoms with van der Waals surface area (Å²) in [6, 6.07) is -0.200.